The summed E-state index contributed by atoms with van der Waals surface area (Å²) in [6.45, 7) is -0.0309. The number of nitrogens with one attached hydrogen (secondary N) is 1. The fourth-order valence-electron chi connectivity index (χ4n) is 3.85. The molecule has 0 aliphatic rings. The number of imidazole rings is 1. The van der Waals surface area contributed by atoms with Crippen LogP contribution >= 0.6 is 11.3 Å². The molecular formula is C25H22N6O5S2. The van der Waals surface area contributed by atoms with E-state index in [4.69, 9.17) is 9.56 Å². The van der Waals surface area contributed by atoms with Gasteiger partial charge in [-0.1, -0.05) is 18.2 Å². The Bertz CT molecular complexity index is 1730. The number of aromatic nitrogens is 3. The van der Waals surface area contributed by atoms with Gasteiger partial charge in [0, 0.05) is 24.8 Å². The van der Waals surface area contributed by atoms with E-state index < -0.39 is 15.9 Å². The van der Waals surface area contributed by atoms with E-state index in [0.29, 0.717) is 32.9 Å². The topological polar surface area (TPSA) is 153 Å². The second-order valence-corrected chi connectivity index (χ2v) is 11.2. The van der Waals surface area contributed by atoms with Gasteiger partial charge in [-0.05, 0) is 42.5 Å². The first-order valence-corrected chi connectivity index (χ1v) is 13.9. The molecule has 0 atom stereocenters. The molecule has 38 heavy (non-hydrogen) atoms. The molecule has 2 amide bonds. The summed E-state index contributed by atoms with van der Waals surface area (Å²) in [5, 5.41) is 8.00. The maximum atomic E-state index is 13.1. The number of thiophene rings is 1. The van der Waals surface area contributed by atoms with Gasteiger partial charge in [0.1, 0.15) is 0 Å². The number of benzene rings is 2. The molecular weight excluding hydrogens is 528 g/mol. The number of nitrogens with zero attached hydrogens (tertiary/aromatic N) is 4. The van der Waals surface area contributed by atoms with Crippen LogP contribution in [0.4, 0.5) is 11.6 Å². The van der Waals surface area contributed by atoms with E-state index in [1.54, 1.807) is 72.4 Å². The number of primary sulfonamides is 1. The minimum atomic E-state index is -3.78. The lowest BCUT2D eigenvalue weighted by Crippen LogP contribution is -2.26. The molecule has 0 bridgehead atoms. The van der Waals surface area contributed by atoms with Gasteiger partial charge in [-0.3, -0.25) is 14.9 Å². The summed E-state index contributed by atoms with van der Waals surface area (Å²) in [6, 6.07) is 17.4. The molecule has 3 heterocycles. The van der Waals surface area contributed by atoms with Crippen LogP contribution < -0.4 is 15.4 Å². The van der Waals surface area contributed by atoms with Crippen LogP contribution in [-0.4, -0.2) is 47.6 Å². The molecule has 0 saturated heterocycles. The SMILES string of the molecule is CN(C(=O)c1ccccc1)c1ccc2c(c1)nc(NC(=O)c1ccc(-c3cnco3)s1)n2CCS(N)(=O)=O. The summed E-state index contributed by atoms with van der Waals surface area (Å²) >= 11 is 1.21. The van der Waals surface area contributed by atoms with E-state index >= 15 is 0 Å². The number of amides is 2. The monoisotopic (exact) mass is 550 g/mol. The zero-order chi connectivity index (χ0) is 26.9. The fourth-order valence-corrected chi connectivity index (χ4v) is 5.14. The highest BCUT2D eigenvalue weighted by Gasteiger charge is 2.20. The van der Waals surface area contributed by atoms with E-state index in [0.717, 1.165) is 4.88 Å². The van der Waals surface area contributed by atoms with Crippen molar-refractivity contribution in [3.05, 3.63) is 83.7 Å². The predicted octanol–water partition coefficient (Wildman–Crippen LogP) is 3.57. The van der Waals surface area contributed by atoms with Gasteiger partial charge in [0.05, 0.1) is 32.7 Å². The van der Waals surface area contributed by atoms with E-state index in [2.05, 4.69) is 15.3 Å². The number of rotatable bonds is 8. The molecule has 0 saturated carbocycles. The van der Waals surface area contributed by atoms with Crippen LogP contribution in [0, 0.1) is 0 Å². The van der Waals surface area contributed by atoms with Crippen molar-refractivity contribution in [1.29, 1.82) is 0 Å². The molecule has 13 heteroatoms. The van der Waals surface area contributed by atoms with Crippen molar-refractivity contribution < 1.29 is 22.4 Å². The Kier molecular flexibility index (Phi) is 6.80. The van der Waals surface area contributed by atoms with Crippen molar-refractivity contribution in [2.75, 3.05) is 23.0 Å². The van der Waals surface area contributed by atoms with Gasteiger partial charge in [-0.15, -0.1) is 11.3 Å². The number of sulfonamides is 1. The summed E-state index contributed by atoms with van der Waals surface area (Å²) in [4.78, 5) is 37.0. The molecule has 0 radical (unpaired) electrons. The molecule has 0 unspecified atom stereocenters. The van der Waals surface area contributed by atoms with E-state index in [-0.39, 0.29) is 24.2 Å². The first-order valence-electron chi connectivity index (χ1n) is 11.3. The number of carbonyl (C=O) groups excluding carboxylic acids is 2. The number of aryl methyl sites for hydroxylation is 1. The summed E-state index contributed by atoms with van der Waals surface area (Å²) in [7, 11) is -2.13. The molecule has 3 N–H and O–H groups in total. The minimum Gasteiger partial charge on any atom is -0.443 e. The van der Waals surface area contributed by atoms with E-state index in [9.17, 15) is 18.0 Å². The van der Waals surface area contributed by atoms with E-state index in [1.807, 2.05) is 6.07 Å². The smallest absolute Gasteiger partial charge is 0.268 e. The Labute approximate surface area is 221 Å². The van der Waals surface area contributed by atoms with Gasteiger partial charge < -0.3 is 13.9 Å². The summed E-state index contributed by atoms with van der Waals surface area (Å²) in [5.74, 6) is -0.296. The summed E-state index contributed by atoms with van der Waals surface area (Å²) in [6.07, 6.45) is 2.86. The van der Waals surface area contributed by atoms with Crippen LogP contribution in [0.15, 0.2) is 77.7 Å². The van der Waals surface area contributed by atoms with Crippen molar-refractivity contribution >= 4 is 55.8 Å². The summed E-state index contributed by atoms with van der Waals surface area (Å²) in [5.41, 5.74) is 2.15. The fraction of sp³-hybridized carbons (Fsp3) is 0.120. The Balaban J connectivity index is 1.46. The molecule has 194 valence electrons. The van der Waals surface area contributed by atoms with Crippen LogP contribution in [0.3, 0.4) is 0 Å². The Morgan fingerprint density at radius 2 is 1.92 bits per heavy atom. The van der Waals surface area contributed by atoms with Crippen molar-refractivity contribution in [1.82, 2.24) is 14.5 Å². The lowest BCUT2D eigenvalue weighted by Gasteiger charge is -2.17. The maximum Gasteiger partial charge on any atom is 0.268 e. The quantitative estimate of drug-likeness (QED) is 0.299. The van der Waals surface area contributed by atoms with Gasteiger partial charge >= 0.3 is 0 Å². The van der Waals surface area contributed by atoms with Crippen LogP contribution in [0.2, 0.25) is 0 Å². The number of fused-ring (bicyclic) bond motifs is 1. The highest BCUT2D eigenvalue weighted by atomic mass is 32.2. The second kappa shape index (κ2) is 10.2. The van der Waals surface area contributed by atoms with Crippen molar-refractivity contribution in [3.63, 3.8) is 0 Å². The molecule has 0 spiro atoms. The van der Waals surface area contributed by atoms with Crippen molar-refractivity contribution in [3.8, 4) is 10.6 Å². The highest BCUT2D eigenvalue weighted by Crippen LogP contribution is 2.29. The van der Waals surface area contributed by atoms with Crippen molar-refractivity contribution in [2.24, 2.45) is 5.14 Å². The Morgan fingerprint density at radius 3 is 2.63 bits per heavy atom. The lowest BCUT2D eigenvalue weighted by molar-refractivity contribution is 0.0991. The molecule has 2 aromatic carbocycles. The number of carbonyl (C=O) groups is 2. The van der Waals surface area contributed by atoms with Gasteiger partial charge in [-0.2, -0.15) is 0 Å². The average molecular weight is 551 g/mol. The minimum absolute atomic E-state index is 0.0309. The van der Waals surface area contributed by atoms with Gasteiger partial charge in [-0.25, -0.2) is 23.5 Å². The van der Waals surface area contributed by atoms with Crippen LogP contribution in [0.5, 0.6) is 0 Å². The number of hydrogen-bond donors (Lipinski definition) is 2. The largest absolute Gasteiger partial charge is 0.443 e. The van der Waals surface area contributed by atoms with E-state index in [1.165, 1.54) is 22.6 Å². The summed E-state index contributed by atoms with van der Waals surface area (Å²) < 4.78 is 30.2. The van der Waals surface area contributed by atoms with Crippen LogP contribution in [0.1, 0.15) is 20.0 Å². The lowest BCUT2D eigenvalue weighted by atomic mass is 10.2. The standard InChI is InChI=1S/C25H22N6O5S2/c1-30(24(33)16-5-3-2-4-6-16)17-7-8-19-18(13-17)28-25(31(19)11-12-38(26,34)35)29-23(32)22-10-9-21(37-22)20-14-27-15-36-20/h2-10,13-15H,11-12H2,1H3,(H2,26,34,35)(H,28,29,32). The molecule has 3 aromatic heterocycles. The average Bonchev–Trinajstić information content (AvgIpc) is 3.66. The molecule has 0 aliphatic heterocycles. The number of hydrogen-bond acceptors (Lipinski definition) is 8. The third-order valence-corrected chi connectivity index (χ3v) is 7.62. The zero-order valence-electron chi connectivity index (χ0n) is 20.1. The normalized spacial score (nSPS) is 11.5. The van der Waals surface area contributed by atoms with Crippen LogP contribution in [-0.2, 0) is 16.6 Å². The Morgan fingerprint density at radius 1 is 1.13 bits per heavy atom. The van der Waals surface area contributed by atoms with Gasteiger partial charge in [0.25, 0.3) is 11.8 Å². The third kappa shape index (κ3) is 5.34. The van der Waals surface area contributed by atoms with Crippen molar-refractivity contribution in [2.45, 2.75) is 6.54 Å². The molecule has 0 aliphatic carbocycles. The predicted molar refractivity (Wildman–Crippen MR) is 145 cm³/mol. The first kappa shape index (κ1) is 25.3. The third-order valence-electron chi connectivity index (χ3n) is 5.77. The molecule has 11 nitrogen and oxygen atoms in total. The second-order valence-electron chi connectivity index (χ2n) is 8.34. The number of nitrogens with two attached hydrogens (primary N) is 1. The Hall–Kier alpha value is -4.33. The van der Waals surface area contributed by atoms with Gasteiger partial charge in [0.2, 0.25) is 16.0 Å². The zero-order valence-corrected chi connectivity index (χ0v) is 21.7. The molecule has 0 fully saturated rings. The maximum absolute atomic E-state index is 13.1. The molecule has 5 rings (SSSR count). The van der Waals surface area contributed by atoms with Crippen LogP contribution in [0.25, 0.3) is 21.7 Å². The van der Waals surface area contributed by atoms with Gasteiger partial charge in [0.15, 0.2) is 12.2 Å². The first-order chi connectivity index (χ1) is 18.2. The number of anilines is 2. The number of oxazole rings is 1. The highest BCUT2D eigenvalue weighted by molar-refractivity contribution is 7.89. The molecule has 5 aromatic rings.